The number of nitrogens with two attached hydrogens (primary N) is 1. The molecule has 0 saturated carbocycles. The molecule has 1 aromatic carbocycles. The normalized spacial score (nSPS) is 10.8. The van der Waals surface area contributed by atoms with Crippen molar-refractivity contribution in [2.45, 2.75) is 13.5 Å². The summed E-state index contributed by atoms with van der Waals surface area (Å²) in [6, 6.07) is 10.7. The number of aromatic nitrogens is 2. The Morgan fingerprint density at radius 1 is 1.26 bits per heavy atom. The number of imidazole rings is 1. The lowest BCUT2D eigenvalue weighted by atomic mass is 10.0. The number of nitrogens with one attached hydrogen (secondary N) is 1. The summed E-state index contributed by atoms with van der Waals surface area (Å²) in [5.74, 6) is 0.906. The zero-order chi connectivity index (χ0) is 13.2. The molecule has 0 spiro atoms. The zero-order valence-electron chi connectivity index (χ0n) is 10.7. The van der Waals surface area contributed by atoms with E-state index in [1.165, 1.54) is 20.9 Å². The molecule has 0 unspecified atom stereocenters. The molecule has 0 aliphatic heterocycles. The molecular formula is C15H15N3S. The minimum absolute atomic E-state index is 0.605. The van der Waals surface area contributed by atoms with Gasteiger partial charge in [-0.05, 0) is 36.2 Å². The third-order valence-electron chi connectivity index (χ3n) is 3.13. The average molecular weight is 269 g/mol. The molecule has 0 amide bonds. The van der Waals surface area contributed by atoms with Gasteiger partial charge in [0.1, 0.15) is 5.82 Å². The molecule has 2 aromatic heterocycles. The van der Waals surface area contributed by atoms with Crippen LogP contribution in [0.3, 0.4) is 0 Å². The third-order valence-corrected chi connectivity index (χ3v) is 4.27. The summed E-state index contributed by atoms with van der Waals surface area (Å²) in [5.41, 5.74) is 9.29. The van der Waals surface area contributed by atoms with Gasteiger partial charge in [-0.1, -0.05) is 12.1 Å². The van der Waals surface area contributed by atoms with Gasteiger partial charge < -0.3 is 10.7 Å². The Balaban J connectivity index is 2.00. The highest BCUT2D eigenvalue weighted by atomic mass is 32.1. The molecular weight excluding hydrogens is 254 g/mol. The van der Waals surface area contributed by atoms with Crippen molar-refractivity contribution < 1.29 is 0 Å². The summed E-state index contributed by atoms with van der Waals surface area (Å²) in [6.07, 6.45) is 3.61. The topological polar surface area (TPSA) is 54.7 Å². The number of hydrogen-bond donors (Lipinski definition) is 2. The van der Waals surface area contributed by atoms with Crippen molar-refractivity contribution in [2.24, 2.45) is 5.73 Å². The van der Waals surface area contributed by atoms with Crippen LogP contribution in [0.4, 0.5) is 0 Å². The smallest absolute Gasteiger partial charge is 0.137 e. The van der Waals surface area contributed by atoms with Crippen molar-refractivity contribution in [3.63, 3.8) is 0 Å². The molecule has 3 N–H and O–H groups in total. The number of aromatic amines is 1. The van der Waals surface area contributed by atoms with E-state index >= 15 is 0 Å². The van der Waals surface area contributed by atoms with Crippen molar-refractivity contribution in [1.82, 2.24) is 9.97 Å². The van der Waals surface area contributed by atoms with Gasteiger partial charge in [-0.25, -0.2) is 4.98 Å². The van der Waals surface area contributed by atoms with Crippen LogP contribution < -0.4 is 5.73 Å². The number of nitrogens with zero attached hydrogens (tertiary/aromatic N) is 1. The van der Waals surface area contributed by atoms with Crippen LogP contribution in [0.5, 0.6) is 0 Å². The second kappa shape index (κ2) is 4.99. The molecule has 0 aliphatic rings. The number of H-pyrrole nitrogens is 1. The monoisotopic (exact) mass is 269 g/mol. The van der Waals surface area contributed by atoms with Crippen LogP contribution in [0.15, 0.2) is 42.7 Å². The largest absolute Gasteiger partial charge is 0.345 e. The number of rotatable bonds is 3. The van der Waals surface area contributed by atoms with Crippen LogP contribution in [0.1, 0.15) is 10.4 Å². The molecule has 4 heteroatoms. The Hall–Kier alpha value is -1.91. The summed E-state index contributed by atoms with van der Waals surface area (Å²) in [4.78, 5) is 9.89. The van der Waals surface area contributed by atoms with E-state index in [4.69, 9.17) is 5.73 Å². The van der Waals surface area contributed by atoms with Crippen LogP contribution in [-0.4, -0.2) is 9.97 Å². The van der Waals surface area contributed by atoms with Crippen molar-refractivity contribution >= 4 is 11.3 Å². The van der Waals surface area contributed by atoms with Gasteiger partial charge in [0, 0.05) is 34.3 Å². The molecule has 19 heavy (non-hydrogen) atoms. The van der Waals surface area contributed by atoms with Gasteiger partial charge in [0.15, 0.2) is 0 Å². The SMILES string of the molecule is Cc1cc(-c2ncc[nH]2)ccc1-c1ccc(CN)s1. The van der Waals surface area contributed by atoms with E-state index in [1.54, 1.807) is 17.5 Å². The Morgan fingerprint density at radius 2 is 2.16 bits per heavy atom. The first-order chi connectivity index (χ1) is 9.28. The van der Waals surface area contributed by atoms with Gasteiger partial charge in [0.25, 0.3) is 0 Å². The fraction of sp³-hybridized carbons (Fsp3) is 0.133. The van der Waals surface area contributed by atoms with Gasteiger partial charge in [-0.15, -0.1) is 11.3 Å². The molecule has 2 heterocycles. The van der Waals surface area contributed by atoms with Gasteiger partial charge >= 0.3 is 0 Å². The van der Waals surface area contributed by atoms with E-state index in [0.29, 0.717) is 6.54 Å². The average Bonchev–Trinajstić information content (AvgIpc) is 3.10. The molecule has 0 radical (unpaired) electrons. The maximum atomic E-state index is 5.67. The summed E-state index contributed by atoms with van der Waals surface area (Å²) >= 11 is 1.76. The molecule has 3 rings (SSSR count). The van der Waals surface area contributed by atoms with Crippen LogP contribution in [-0.2, 0) is 6.54 Å². The fourth-order valence-corrected chi connectivity index (χ4v) is 3.12. The third kappa shape index (κ3) is 2.32. The van der Waals surface area contributed by atoms with Gasteiger partial charge in [0.2, 0.25) is 0 Å². The fourth-order valence-electron chi connectivity index (χ4n) is 2.14. The zero-order valence-corrected chi connectivity index (χ0v) is 11.5. The minimum Gasteiger partial charge on any atom is -0.345 e. The lowest BCUT2D eigenvalue weighted by Crippen LogP contribution is -1.91. The summed E-state index contributed by atoms with van der Waals surface area (Å²) < 4.78 is 0. The number of thiophene rings is 1. The Kier molecular flexibility index (Phi) is 3.19. The first-order valence-corrected chi connectivity index (χ1v) is 6.99. The predicted molar refractivity (Wildman–Crippen MR) is 80.0 cm³/mol. The second-order valence-corrected chi connectivity index (χ2v) is 5.61. The lowest BCUT2D eigenvalue weighted by molar-refractivity contribution is 1.11. The van der Waals surface area contributed by atoms with Crippen molar-refractivity contribution in [3.8, 4) is 21.8 Å². The van der Waals surface area contributed by atoms with Crippen LogP contribution in [0, 0.1) is 6.92 Å². The quantitative estimate of drug-likeness (QED) is 0.763. The maximum Gasteiger partial charge on any atom is 0.137 e. The number of hydrogen-bond acceptors (Lipinski definition) is 3. The van der Waals surface area contributed by atoms with E-state index in [9.17, 15) is 0 Å². The molecule has 96 valence electrons. The second-order valence-electron chi connectivity index (χ2n) is 4.44. The van der Waals surface area contributed by atoms with Crippen molar-refractivity contribution in [3.05, 3.63) is 53.2 Å². The summed E-state index contributed by atoms with van der Waals surface area (Å²) in [7, 11) is 0. The van der Waals surface area contributed by atoms with Crippen molar-refractivity contribution in [2.75, 3.05) is 0 Å². The standard InChI is InChI=1S/C15H15N3S/c1-10-8-11(15-17-6-7-18-15)2-4-13(10)14-5-3-12(9-16)19-14/h2-8H,9,16H2,1H3,(H,17,18). The molecule has 0 atom stereocenters. The van der Waals surface area contributed by atoms with Gasteiger partial charge in [0.05, 0.1) is 0 Å². The van der Waals surface area contributed by atoms with E-state index in [2.05, 4.69) is 47.2 Å². The first kappa shape index (κ1) is 12.1. The first-order valence-electron chi connectivity index (χ1n) is 6.17. The molecule has 0 saturated heterocycles. The van der Waals surface area contributed by atoms with Crippen LogP contribution >= 0.6 is 11.3 Å². The number of aryl methyl sites for hydroxylation is 1. The van der Waals surface area contributed by atoms with Crippen LogP contribution in [0.2, 0.25) is 0 Å². The van der Waals surface area contributed by atoms with Gasteiger partial charge in [-0.3, -0.25) is 0 Å². The Bertz CT molecular complexity index is 683. The minimum atomic E-state index is 0.605. The van der Waals surface area contributed by atoms with E-state index in [0.717, 1.165) is 11.4 Å². The summed E-state index contributed by atoms with van der Waals surface area (Å²) in [6.45, 7) is 2.73. The number of benzene rings is 1. The highest BCUT2D eigenvalue weighted by Gasteiger charge is 2.07. The van der Waals surface area contributed by atoms with Crippen LogP contribution in [0.25, 0.3) is 21.8 Å². The molecule has 0 bridgehead atoms. The maximum absolute atomic E-state index is 5.67. The molecule has 0 aliphatic carbocycles. The highest BCUT2D eigenvalue weighted by molar-refractivity contribution is 7.15. The molecule has 3 nitrogen and oxygen atoms in total. The highest BCUT2D eigenvalue weighted by Crippen LogP contribution is 2.32. The van der Waals surface area contributed by atoms with E-state index in [1.807, 2.05) is 6.20 Å². The van der Waals surface area contributed by atoms with Gasteiger partial charge in [-0.2, -0.15) is 0 Å². The van der Waals surface area contributed by atoms with E-state index < -0.39 is 0 Å². The van der Waals surface area contributed by atoms with Crippen molar-refractivity contribution in [1.29, 1.82) is 0 Å². The van der Waals surface area contributed by atoms with E-state index in [-0.39, 0.29) is 0 Å². The molecule has 3 aromatic rings. The Morgan fingerprint density at radius 3 is 2.79 bits per heavy atom. The Labute approximate surface area is 116 Å². The lowest BCUT2D eigenvalue weighted by Gasteiger charge is -2.05. The molecule has 0 fully saturated rings. The predicted octanol–water partition coefficient (Wildman–Crippen LogP) is 3.57. The summed E-state index contributed by atoms with van der Waals surface area (Å²) in [5, 5.41) is 0.